The Kier molecular flexibility index (Phi) is 6.26. The number of nitrogens with two attached hydrogens (primary N) is 1. The maximum Gasteiger partial charge on any atom is 0.0795 e. The molecule has 3 nitrogen and oxygen atoms in total. The number of nitrogens with zero attached hydrogens (tertiary/aromatic N) is 1. The van der Waals surface area contributed by atoms with Gasteiger partial charge in [-0.25, -0.2) is 0 Å². The third-order valence-corrected chi connectivity index (χ3v) is 5.06. The van der Waals surface area contributed by atoms with Crippen LogP contribution < -0.4 is 5.73 Å². The van der Waals surface area contributed by atoms with Crippen LogP contribution in [0, 0.1) is 0 Å². The van der Waals surface area contributed by atoms with E-state index in [0.717, 1.165) is 26.0 Å². The number of likely N-dealkylation sites (tertiary alicyclic amines) is 1. The predicted octanol–water partition coefficient (Wildman–Crippen LogP) is 3.32. The highest BCUT2D eigenvalue weighted by atomic mass is 16.5. The topological polar surface area (TPSA) is 38.5 Å². The molecule has 1 saturated heterocycles. The van der Waals surface area contributed by atoms with Gasteiger partial charge in [0.05, 0.1) is 6.10 Å². The molecule has 1 aliphatic carbocycles. The molecular formula is C20H30N2O. The summed E-state index contributed by atoms with van der Waals surface area (Å²) in [5.41, 5.74) is 8.53. The first-order valence-electron chi connectivity index (χ1n) is 9.16. The molecule has 1 aliphatic heterocycles. The van der Waals surface area contributed by atoms with Crippen LogP contribution in [0.25, 0.3) is 0 Å². The van der Waals surface area contributed by atoms with Gasteiger partial charge in [-0.1, -0.05) is 48.4 Å². The lowest BCUT2D eigenvalue weighted by molar-refractivity contribution is 0.0690. The van der Waals surface area contributed by atoms with Gasteiger partial charge in [-0.05, 0) is 50.9 Å². The minimum absolute atomic E-state index is 0.309. The zero-order valence-electron chi connectivity index (χ0n) is 14.1. The van der Waals surface area contributed by atoms with E-state index in [1.54, 1.807) is 5.57 Å². The van der Waals surface area contributed by atoms with E-state index in [4.69, 9.17) is 10.5 Å². The van der Waals surface area contributed by atoms with Crippen LogP contribution in [0.5, 0.6) is 0 Å². The summed E-state index contributed by atoms with van der Waals surface area (Å²) in [6.45, 7) is 5.17. The van der Waals surface area contributed by atoms with Crippen molar-refractivity contribution in [2.75, 3.05) is 32.8 Å². The van der Waals surface area contributed by atoms with E-state index in [1.807, 2.05) is 0 Å². The lowest BCUT2D eigenvalue weighted by Crippen LogP contribution is -2.36. The van der Waals surface area contributed by atoms with Crippen molar-refractivity contribution >= 4 is 0 Å². The van der Waals surface area contributed by atoms with Gasteiger partial charge >= 0.3 is 0 Å². The molecule has 3 rings (SSSR count). The van der Waals surface area contributed by atoms with E-state index in [9.17, 15) is 0 Å². The first-order chi connectivity index (χ1) is 11.4. The summed E-state index contributed by atoms with van der Waals surface area (Å²) < 4.78 is 5.85. The molecule has 0 radical (unpaired) electrons. The molecule has 23 heavy (non-hydrogen) atoms. The van der Waals surface area contributed by atoms with E-state index in [2.05, 4.69) is 41.3 Å². The fourth-order valence-electron chi connectivity index (χ4n) is 3.64. The van der Waals surface area contributed by atoms with Crippen molar-refractivity contribution in [3.05, 3.63) is 47.5 Å². The summed E-state index contributed by atoms with van der Waals surface area (Å²) in [6.07, 6.45) is 8.79. The van der Waals surface area contributed by atoms with E-state index < -0.39 is 0 Å². The standard InChI is InChI=1S/C20H30N2O/c21-10-7-13-23-19-14-18(15-19)20(17-8-3-1-4-9-17)16-22-11-5-2-6-12-22/h1,3-4,8-9,14,19-20H,2,5-7,10-13,15-16,21H2. The monoisotopic (exact) mass is 314 g/mol. The highest BCUT2D eigenvalue weighted by Gasteiger charge is 2.29. The Morgan fingerprint density at radius 2 is 1.87 bits per heavy atom. The summed E-state index contributed by atoms with van der Waals surface area (Å²) in [5, 5.41) is 0. The smallest absolute Gasteiger partial charge is 0.0795 e. The Hall–Kier alpha value is -1.16. The normalized spacial score (nSPS) is 23.2. The number of benzene rings is 1. The van der Waals surface area contributed by atoms with Gasteiger partial charge in [0.15, 0.2) is 0 Å². The molecular weight excluding hydrogens is 284 g/mol. The van der Waals surface area contributed by atoms with Gasteiger partial charge in [-0.3, -0.25) is 0 Å². The lowest BCUT2D eigenvalue weighted by Gasteiger charge is -2.36. The molecule has 3 heteroatoms. The number of hydrogen-bond acceptors (Lipinski definition) is 3. The molecule has 0 spiro atoms. The van der Waals surface area contributed by atoms with Gasteiger partial charge in [-0.15, -0.1) is 0 Å². The molecule has 0 amide bonds. The average molecular weight is 314 g/mol. The first kappa shape index (κ1) is 16.7. The second-order valence-corrected chi connectivity index (χ2v) is 6.82. The third-order valence-electron chi connectivity index (χ3n) is 5.06. The molecule has 0 aromatic heterocycles. The minimum Gasteiger partial charge on any atom is -0.374 e. The Morgan fingerprint density at radius 3 is 2.57 bits per heavy atom. The minimum atomic E-state index is 0.309. The molecule has 1 aromatic rings. The van der Waals surface area contributed by atoms with E-state index >= 15 is 0 Å². The van der Waals surface area contributed by atoms with Crippen LogP contribution in [0.3, 0.4) is 0 Å². The van der Waals surface area contributed by atoms with Gasteiger partial charge in [-0.2, -0.15) is 0 Å². The van der Waals surface area contributed by atoms with E-state index in [-0.39, 0.29) is 0 Å². The summed E-state index contributed by atoms with van der Waals surface area (Å²) in [4.78, 5) is 2.64. The van der Waals surface area contributed by atoms with Crippen LogP contribution in [0.4, 0.5) is 0 Å². The third kappa shape index (κ3) is 4.66. The van der Waals surface area contributed by atoms with Crippen molar-refractivity contribution in [3.8, 4) is 0 Å². The summed E-state index contributed by atoms with van der Waals surface area (Å²) in [5.74, 6) is 0.531. The van der Waals surface area contributed by atoms with Crippen molar-refractivity contribution in [1.82, 2.24) is 4.90 Å². The Morgan fingerprint density at radius 1 is 1.13 bits per heavy atom. The van der Waals surface area contributed by atoms with Crippen molar-refractivity contribution in [2.24, 2.45) is 5.73 Å². The fraction of sp³-hybridized carbons (Fsp3) is 0.600. The van der Waals surface area contributed by atoms with E-state index in [0.29, 0.717) is 18.6 Å². The van der Waals surface area contributed by atoms with Gasteiger partial charge < -0.3 is 15.4 Å². The number of piperidine rings is 1. The summed E-state index contributed by atoms with van der Waals surface area (Å²) in [7, 11) is 0. The average Bonchev–Trinajstić information content (AvgIpc) is 2.57. The Balaban J connectivity index is 1.63. The van der Waals surface area contributed by atoms with Crippen LogP contribution in [-0.2, 0) is 4.74 Å². The van der Waals surface area contributed by atoms with Crippen molar-refractivity contribution in [1.29, 1.82) is 0 Å². The highest BCUT2D eigenvalue weighted by molar-refractivity contribution is 5.35. The lowest BCUT2D eigenvalue weighted by atomic mass is 9.80. The zero-order valence-corrected chi connectivity index (χ0v) is 14.1. The van der Waals surface area contributed by atoms with Crippen LogP contribution in [-0.4, -0.2) is 43.8 Å². The van der Waals surface area contributed by atoms with Crippen LogP contribution in [0.2, 0.25) is 0 Å². The molecule has 0 saturated carbocycles. The second kappa shape index (κ2) is 8.62. The highest BCUT2D eigenvalue weighted by Crippen LogP contribution is 2.36. The van der Waals surface area contributed by atoms with Crippen LogP contribution in [0.1, 0.15) is 43.6 Å². The number of hydrogen-bond donors (Lipinski definition) is 1. The Labute approximate surface area is 140 Å². The molecule has 2 unspecified atom stereocenters. The molecule has 2 N–H and O–H groups in total. The molecule has 0 bridgehead atoms. The Bertz CT molecular complexity index is 494. The number of rotatable bonds is 8. The zero-order chi connectivity index (χ0) is 15.9. The number of ether oxygens (including phenoxy) is 1. The van der Waals surface area contributed by atoms with Crippen LogP contribution >= 0.6 is 0 Å². The van der Waals surface area contributed by atoms with Gasteiger partial charge in [0.2, 0.25) is 0 Å². The van der Waals surface area contributed by atoms with Crippen molar-refractivity contribution in [2.45, 2.75) is 44.1 Å². The quantitative estimate of drug-likeness (QED) is 0.591. The fourth-order valence-corrected chi connectivity index (χ4v) is 3.64. The van der Waals surface area contributed by atoms with Crippen molar-refractivity contribution in [3.63, 3.8) is 0 Å². The molecule has 1 heterocycles. The maximum atomic E-state index is 5.85. The first-order valence-corrected chi connectivity index (χ1v) is 9.16. The molecule has 126 valence electrons. The second-order valence-electron chi connectivity index (χ2n) is 6.82. The van der Waals surface area contributed by atoms with Gasteiger partial charge in [0.25, 0.3) is 0 Å². The van der Waals surface area contributed by atoms with Gasteiger partial charge in [0, 0.05) is 19.1 Å². The molecule has 1 fully saturated rings. The summed E-state index contributed by atoms with van der Waals surface area (Å²) in [6, 6.07) is 11.0. The van der Waals surface area contributed by atoms with Crippen molar-refractivity contribution < 1.29 is 4.74 Å². The molecule has 2 atom stereocenters. The molecule has 1 aromatic carbocycles. The summed E-state index contributed by atoms with van der Waals surface area (Å²) >= 11 is 0. The SMILES string of the molecule is NCCCOC1C=C(C(CN2CCCCC2)c2ccccc2)C1. The van der Waals surface area contributed by atoms with Crippen LogP contribution in [0.15, 0.2) is 42.0 Å². The predicted molar refractivity (Wildman–Crippen MR) is 95.6 cm³/mol. The largest absolute Gasteiger partial charge is 0.374 e. The maximum absolute atomic E-state index is 5.85. The molecule has 2 aliphatic rings. The van der Waals surface area contributed by atoms with E-state index in [1.165, 1.54) is 37.9 Å². The van der Waals surface area contributed by atoms with Gasteiger partial charge in [0.1, 0.15) is 0 Å².